The molecule has 3 heterocycles. The Morgan fingerprint density at radius 1 is 1.08 bits per heavy atom. The van der Waals surface area contributed by atoms with E-state index in [-0.39, 0.29) is 27.8 Å². The van der Waals surface area contributed by atoms with E-state index in [1.165, 1.54) is 65.6 Å². The van der Waals surface area contributed by atoms with Gasteiger partial charge in [0.05, 0.1) is 24.6 Å². The summed E-state index contributed by atoms with van der Waals surface area (Å²) in [7, 11) is -0.795. The SMILES string of the molecule is CCCCC(CC1C23CC[N+]1(Cc1ccccc1)CC=C2Nc1ccccc13)C(O[Si](C)C)C(C)(C)C.[Br-]. The number of benzene rings is 2. The lowest BCUT2D eigenvalue weighted by molar-refractivity contribution is -0.950. The molecule has 0 aromatic heterocycles. The van der Waals surface area contributed by atoms with E-state index in [4.69, 9.17) is 4.43 Å². The van der Waals surface area contributed by atoms with Crippen LogP contribution in [0.25, 0.3) is 0 Å². The highest BCUT2D eigenvalue weighted by molar-refractivity contribution is 6.48. The number of anilines is 1. The fourth-order valence-corrected chi connectivity index (χ4v) is 8.98. The lowest BCUT2D eigenvalue weighted by Gasteiger charge is -2.49. The van der Waals surface area contributed by atoms with Gasteiger partial charge in [0.1, 0.15) is 12.6 Å². The van der Waals surface area contributed by atoms with Crippen molar-refractivity contribution in [3.05, 3.63) is 77.5 Å². The van der Waals surface area contributed by atoms with Gasteiger partial charge in [0.25, 0.3) is 0 Å². The van der Waals surface area contributed by atoms with Crippen molar-refractivity contribution < 1.29 is 25.9 Å². The lowest BCUT2D eigenvalue weighted by atomic mass is 9.66. The van der Waals surface area contributed by atoms with Gasteiger partial charge in [-0.2, -0.15) is 0 Å². The van der Waals surface area contributed by atoms with Gasteiger partial charge in [-0.1, -0.05) is 89.1 Å². The highest BCUT2D eigenvalue weighted by Gasteiger charge is 2.65. The van der Waals surface area contributed by atoms with Crippen LogP contribution in [0.2, 0.25) is 13.1 Å². The first-order valence-corrected chi connectivity index (χ1v) is 17.0. The molecule has 3 aliphatic heterocycles. The van der Waals surface area contributed by atoms with Crippen LogP contribution in [-0.4, -0.2) is 38.8 Å². The smallest absolute Gasteiger partial charge is 0.205 e. The van der Waals surface area contributed by atoms with Crippen LogP contribution >= 0.6 is 0 Å². The molecule has 5 unspecified atom stereocenters. The summed E-state index contributed by atoms with van der Waals surface area (Å²) < 4.78 is 8.08. The van der Waals surface area contributed by atoms with Gasteiger partial charge in [-0.05, 0) is 48.6 Å². The van der Waals surface area contributed by atoms with Gasteiger partial charge < -0.3 is 31.2 Å². The Morgan fingerprint density at radius 2 is 1.79 bits per heavy atom. The van der Waals surface area contributed by atoms with E-state index in [0.717, 1.165) is 13.1 Å². The molecule has 5 atom stereocenters. The van der Waals surface area contributed by atoms with E-state index < -0.39 is 9.04 Å². The quantitative estimate of drug-likeness (QED) is 0.311. The lowest BCUT2D eigenvalue weighted by Crippen LogP contribution is -3.00. The molecule has 2 bridgehead atoms. The van der Waals surface area contributed by atoms with Crippen molar-refractivity contribution in [2.24, 2.45) is 11.3 Å². The van der Waals surface area contributed by atoms with Crippen molar-refractivity contribution in [3.8, 4) is 0 Å². The predicted molar refractivity (Wildman–Crippen MR) is 158 cm³/mol. The van der Waals surface area contributed by atoms with Gasteiger partial charge in [0.15, 0.2) is 0 Å². The molecule has 1 saturated heterocycles. The molecule has 0 aliphatic carbocycles. The van der Waals surface area contributed by atoms with Gasteiger partial charge in [-0.15, -0.1) is 0 Å². The average Bonchev–Trinajstić information content (AvgIpc) is 3.30. The molecule has 0 amide bonds. The molecule has 2 aromatic rings. The summed E-state index contributed by atoms with van der Waals surface area (Å²) in [6.45, 7) is 17.7. The van der Waals surface area contributed by atoms with E-state index in [1.807, 2.05) is 0 Å². The molecule has 38 heavy (non-hydrogen) atoms. The zero-order chi connectivity index (χ0) is 26.3. The third-order valence-corrected chi connectivity index (χ3v) is 10.2. The minimum Gasteiger partial charge on any atom is -1.00 e. The van der Waals surface area contributed by atoms with E-state index in [9.17, 15) is 0 Å². The van der Waals surface area contributed by atoms with Crippen molar-refractivity contribution in [3.63, 3.8) is 0 Å². The van der Waals surface area contributed by atoms with E-state index in [1.54, 1.807) is 0 Å². The normalized spacial score (nSPS) is 27.1. The monoisotopic (exact) mass is 595 g/mol. The Bertz CT molecular complexity index is 1110. The first-order chi connectivity index (χ1) is 17.7. The van der Waals surface area contributed by atoms with Crippen LogP contribution in [0.15, 0.2) is 66.4 Å². The molecule has 1 N–H and O–H groups in total. The number of para-hydroxylation sites is 1. The summed E-state index contributed by atoms with van der Waals surface area (Å²) in [6.07, 6.45) is 9.13. The van der Waals surface area contributed by atoms with Crippen molar-refractivity contribution in [2.75, 3.05) is 18.4 Å². The molecule has 207 valence electrons. The minimum absolute atomic E-state index is 0. The van der Waals surface area contributed by atoms with Crippen LogP contribution in [0.4, 0.5) is 5.69 Å². The number of rotatable bonds is 10. The maximum absolute atomic E-state index is 6.90. The highest BCUT2D eigenvalue weighted by Crippen LogP contribution is 2.59. The van der Waals surface area contributed by atoms with Crippen LogP contribution in [0, 0.1) is 11.3 Å². The van der Waals surface area contributed by atoms with Crippen LogP contribution in [0.5, 0.6) is 0 Å². The number of unbranched alkanes of at least 4 members (excludes halogenated alkanes) is 1. The van der Waals surface area contributed by atoms with Crippen molar-refractivity contribution in [1.29, 1.82) is 0 Å². The van der Waals surface area contributed by atoms with Crippen LogP contribution in [-0.2, 0) is 16.4 Å². The molecule has 1 radical (unpaired) electrons. The van der Waals surface area contributed by atoms with Gasteiger partial charge in [-0.25, -0.2) is 0 Å². The predicted octanol–water partition coefficient (Wildman–Crippen LogP) is 4.92. The fourth-order valence-electron chi connectivity index (χ4n) is 7.93. The highest BCUT2D eigenvalue weighted by atomic mass is 79.9. The standard InChI is InChI=1S/C33H48N2OSi.BrH/c1-7-8-16-26(31(32(2,3)4)36-37(5)6)23-30-33-20-22-35(30,24-25-14-10-9-11-15-25)21-19-29(33)34-28-18-13-12-17-27(28)33;/h9-15,17-19,26,30-31,34H,7-8,16,20-24H2,1-6H3;1H/q+1;/p-1. The molecular formula is C33H48BrN2OSi. The van der Waals surface area contributed by atoms with Gasteiger partial charge in [0.2, 0.25) is 9.04 Å². The number of hydrogen-bond donors (Lipinski definition) is 1. The van der Waals surface area contributed by atoms with Crippen LogP contribution < -0.4 is 22.3 Å². The van der Waals surface area contributed by atoms with E-state index in [0.29, 0.717) is 18.1 Å². The second-order valence-electron chi connectivity index (χ2n) is 13.2. The number of quaternary nitrogens is 1. The molecule has 3 aliphatic rings. The third kappa shape index (κ3) is 5.33. The maximum atomic E-state index is 6.90. The summed E-state index contributed by atoms with van der Waals surface area (Å²) in [5, 5.41) is 3.90. The number of fused-ring (bicyclic) bond motifs is 2. The topological polar surface area (TPSA) is 21.3 Å². The Hall–Kier alpha value is -1.40. The Balaban J connectivity index is 0.00000336. The number of halogens is 1. The largest absolute Gasteiger partial charge is 1.00 e. The van der Waals surface area contributed by atoms with Crippen molar-refractivity contribution in [2.45, 2.75) is 97.0 Å². The fraction of sp³-hybridized carbons (Fsp3) is 0.576. The first kappa shape index (κ1) is 29.6. The van der Waals surface area contributed by atoms with Gasteiger partial charge >= 0.3 is 0 Å². The molecule has 3 nitrogen and oxygen atoms in total. The van der Waals surface area contributed by atoms with Gasteiger partial charge in [0, 0.05) is 29.8 Å². The van der Waals surface area contributed by atoms with Gasteiger partial charge in [-0.3, -0.25) is 0 Å². The second-order valence-corrected chi connectivity index (χ2v) is 15.3. The number of hydrogen-bond acceptors (Lipinski definition) is 2. The molecule has 5 heteroatoms. The van der Waals surface area contributed by atoms with E-state index in [2.05, 4.69) is 107 Å². The zero-order valence-corrected chi connectivity index (χ0v) is 27.0. The Kier molecular flexibility index (Phi) is 9.03. The molecule has 1 spiro atoms. The summed E-state index contributed by atoms with van der Waals surface area (Å²) >= 11 is 0. The second kappa shape index (κ2) is 11.6. The van der Waals surface area contributed by atoms with E-state index >= 15 is 0 Å². The summed E-state index contributed by atoms with van der Waals surface area (Å²) in [4.78, 5) is 0. The zero-order valence-electron chi connectivity index (χ0n) is 24.4. The molecule has 5 rings (SSSR count). The Morgan fingerprint density at radius 3 is 2.47 bits per heavy atom. The summed E-state index contributed by atoms with van der Waals surface area (Å²) in [5.74, 6) is 0.570. The number of nitrogens with zero attached hydrogens (tertiary/aromatic N) is 1. The summed E-state index contributed by atoms with van der Waals surface area (Å²) in [5.41, 5.74) is 6.07. The van der Waals surface area contributed by atoms with Crippen molar-refractivity contribution >= 4 is 14.7 Å². The molecule has 2 aromatic carbocycles. The first-order valence-electron chi connectivity index (χ1n) is 14.6. The number of nitrogens with one attached hydrogen (secondary N) is 1. The third-order valence-electron chi connectivity index (χ3n) is 9.44. The summed E-state index contributed by atoms with van der Waals surface area (Å²) in [6, 6.07) is 21.0. The van der Waals surface area contributed by atoms with Crippen LogP contribution in [0.3, 0.4) is 0 Å². The minimum atomic E-state index is -0.795. The average molecular weight is 597 g/mol. The Labute approximate surface area is 244 Å². The van der Waals surface area contributed by atoms with Crippen LogP contribution in [0.1, 0.15) is 70.9 Å². The maximum Gasteiger partial charge on any atom is 0.205 e. The molecule has 1 fully saturated rings. The molecular weight excluding hydrogens is 548 g/mol. The van der Waals surface area contributed by atoms with Crippen molar-refractivity contribution in [1.82, 2.24) is 0 Å². The molecule has 0 saturated carbocycles.